The number of nitrogens with zero attached hydrogens (tertiary/aromatic N) is 2. The second kappa shape index (κ2) is 8.18. The van der Waals surface area contributed by atoms with E-state index < -0.39 is 11.1 Å². The quantitative estimate of drug-likeness (QED) is 0.484. The van der Waals surface area contributed by atoms with Gasteiger partial charge in [0, 0.05) is 17.6 Å². The summed E-state index contributed by atoms with van der Waals surface area (Å²) in [7, 11) is 0. The number of allylic oxidation sites excluding steroid dienone is 1. The molecule has 138 valence electrons. The number of rotatable bonds is 6. The topological polar surface area (TPSA) is 73.1 Å². The zero-order valence-electron chi connectivity index (χ0n) is 14.5. The number of carbonyl (C=O) groups excluding carboxylic acids is 1. The van der Waals surface area contributed by atoms with Crippen LogP contribution in [0.3, 0.4) is 0 Å². The SMILES string of the molecule is C=CCn1c(=O)c(=O)n(CC(=O)NCc2cccc(Br)c2)c2ccccc21. The molecule has 1 amide bonds. The monoisotopic (exact) mass is 427 g/mol. The lowest BCUT2D eigenvalue weighted by Gasteiger charge is -2.14. The van der Waals surface area contributed by atoms with Crippen LogP contribution >= 0.6 is 15.9 Å². The highest BCUT2D eigenvalue weighted by Crippen LogP contribution is 2.12. The number of aromatic nitrogens is 2. The van der Waals surface area contributed by atoms with Crippen LogP contribution in [0.4, 0.5) is 0 Å². The number of fused-ring (bicyclic) bond motifs is 1. The Morgan fingerprint density at radius 3 is 2.37 bits per heavy atom. The number of carbonyl (C=O) groups is 1. The van der Waals surface area contributed by atoms with E-state index >= 15 is 0 Å². The van der Waals surface area contributed by atoms with E-state index in [0.717, 1.165) is 10.0 Å². The van der Waals surface area contributed by atoms with Gasteiger partial charge in [0.25, 0.3) is 0 Å². The molecule has 0 atom stereocenters. The van der Waals surface area contributed by atoms with Crippen molar-refractivity contribution >= 4 is 32.9 Å². The van der Waals surface area contributed by atoms with Crippen molar-refractivity contribution in [3.63, 3.8) is 0 Å². The van der Waals surface area contributed by atoms with Gasteiger partial charge in [0.1, 0.15) is 6.54 Å². The first-order valence-electron chi connectivity index (χ1n) is 8.35. The Hall–Kier alpha value is -2.93. The third-order valence-corrected chi connectivity index (χ3v) is 4.62. The third kappa shape index (κ3) is 4.09. The number of benzene rings is 2. The van der Waals surface area contributed by atoms with E-state index in [9.17, 15) is 14.4 Å². The molecule has 27 heavy (non-hydrogen) atoms. The first-order valence-corrected chi connectivity index (χ1v) is 9.15. The molecule has 0 aliphatic rings. The molecule has 0 unspecified atom stereocenters. The van der Waals surface area contributed by atoms with E-state index in [4.69, 9.17) is 0 Å². The minimum Gasteiger partial charge on any atom is -0.350 e. The fourth-order valence-electron chi connectivity index (χ4n) is 2.88. The summed E-state index contributed by atoms with van der Waals surface area (Å²) in [5.74, 6) is -0.344. The standard InChI is InChI=1S/C20H18BrN3O3/c1-2-10-23-16-8-3-4-9-17(16)24(20(27)19(23)26)13-18(25)22-12-14-6-5-7-15(21)11-14/h2-9,11H,1,10,12-13H2,(H,22,25). The van der Waals surface area contributed by atoms with E-state index in [1.807, 2.05) is 24.3 Å². The maximum atomic E-state index is 12.5. The summed E-state index contributed by atoms with van der Waals surface area (Å²) in [5.41, 5.74) is 0.640. The van der Waals surface area contributed by atoms with Gasteiger partial charge in [-0.15, -0.1) is 6.58 Å². The summed E-state index contributed by atoms with van der Waals surface area (Å²) in [4.78, 5) is 37.4. The maximum Gasteiger partial charge on any atom is 0.317 e. The zero-order valence-corrected chi connectivity index (χ0v) is 16.1. The van der Waals surface area contributed by atoms with Crippen LogP contribution in [0.5, 0.6) is 0 Å². The number of para-hydroxylation sites is 2. The maximum absolute atomic E-state index is 12.5. The highest BCUT2D eigenvalue weighted by molar-refractivity contribution is 9.10. The molecular weight excluding hydrogens is 410 g/mol. The van der Waals surface area contributed by atoms with Crippen LogP contribution in [0.25, 0.3) is 11.0 Å². The first kappa shape index (κ1) is 18.8. The molecule has 7 heteroatoms. The minimum absolute atomic E-state index is 0.225. The van der Waals surface area contributed by atoms with Gasteiger partial charge >= 0.3 is 11.1 Å². The molecule has 0 saturated carbocycles. The van der Waals surface area contributed by atoms with Crippen LogP contribution in [-0.4, -0.2) is 15.0 Å². The molecule has 6 nitrogen and oxygen atoms in total. The van der Waals surface area contributed by atoms with Gasteiger partial charge in [-0.3, -0.25) is 23.5 Å². The number of hydrogen-bond acceptors (Lipinski definition) is 3. The summed E-state index contributed by atoms with van der Waals surface area (Å²) < 4.78 is 3.50. The molecule has 3 rings (SSSR count). The number of hydrogen-bond donors (Lipinski definition) is 1. The van der Waals surface area contributed by atoms with Crippen molar-refractivity contribution in [2.75, 3.05) is 0 Å². The molecule has 0 aliphatic carbocycles. The molecular formula is C20H18BrN3O3. The van der Waals surface area contributed by atoms with E-state index in [1.54, 1.807) is 30.3 Å². The van der Waals surface area contributed by atoms with Crippen molar-refractivity contribution in [3.8, 4) is 0 Å². The predicted molar refractivity (Wildman–Crippen MR) is 109 cm³/mol. The average Bonchev–Trinajstić information content (AvgIpc) is 2.67. The van der Waals surface area contributed by atoms with Crippen LogP contribution in [-0.2, 0) is 24.4 Å². The summed E-state index contributed by atoms with van der Waals surface area (Å²) in [6.45, 7) is 3.96. The molecule has 0 bridgehead atoms. The number of nitrogens with one attached hydrogen (secondary N) is 1. The normalized spacial score (nSPS) is 10.7. The lowest BCUT2D eigenvalue weighted by Crippen LogP contribution is -2.43. The fraction of sp³-hybridized carbons (Fsp3) is 0.150. The Morgan fingerprint density at radius 2 is 1.70 bits per heavy atom. The van der Waals surface area contributed by atoms with Gasteiger partial charge in [0.2, 0.25) is 5.91 Å². The first-order chi connectivity index (χ1) is 13.0. The van der Waals surface area contributed by atoms with Gasteiger partial charge in [-0.2, -0.15) is 0 Å². The molecule has 0 fully saturated rings. The van der Waals surface area contributed by atoms with E-state index in [-0.39, 0.29) is 19.0 Å². The van der Waals surface area contributed by atoms with Crippen LogP contribution in [0, 0.1) is 0 Å². The van der Waals surface area contributed by atoms with Crippen molar-refractivity contribution in [1.82, 2.24) is 14.5 Å². The molecule has 0 saturated heterocycles. The zero-order chi connectivity index (χ0) is 19.4. The lowest BCUT2D eigenvalue weighted by atomic mass is 10.2. The van der Waals surface area contributed by atoms with E-state index in [0.29, 0.717) is 17.6 Å². The van der Waals surface area contributed by atoms with Gasteiger partial charge < -0.3 is 5.32 Å². The molecule has 0 spiro atoms. The number of halogens is 1. The Labute approximate surface area is 163 Å². The van der Waals surface area contributed by atoms with Crippen LogP contribution in [0.2, 0.25) is 0 Å². The van der Waals surface area contributed by atoms with Crippen molar-refractivity contribution < 1.29 is 4.79 Å². The Kier molecular flexibility index (Phi) is 5.71. The molecule has 1 N–H and O–H groups in total. The second-order valence-electron chi connectivity index (χ2n) is 5.99. The third-order valence-electron chi connectivity index (χ3n) is 4.13. The molecule has 1 aromatic heterocycles. The van der Waals surface area contributed by atoms with Gasteiger partial charge in [0.15, 0.2) is 0 Å². The average molecular weight is 428 g/mol. The minimum atomic E-state index is -0.729. The predicted octanol–water partition coefficient (Wildman–Crippen LogP) is 2.43. The molecule has 2 aromatic carbocycles. The smallest absolute Gasteiger partial charge is 0.317 e. The van der Waals surface area contributed by atoms with Gasteiger partial charge in [-0.1, -0.05) is 46.3 Å². The lowest BCUT2D eigenvalue weighted by molar-refractivity contribution is -0.121. The van der Waals surface area contributed by atoms with Crippen LogP contribution < -0.4 is 16.4 Å². The molecule has 1 heterocycles. The summed E-state index contributed by atoms with van der Waals surface area (Å²) in [5, 5.41) is 2.78. The van der Waals surface area contributed by atoms with Crippen LogP contribution in [0.1, 0.15) is 5.56 Å². The van der Waals surface area contributed by atoms with Crippen molar-refractivity contribution in [2.45, 2.75) is 19.6 Å². The van der Waals surface area contributed by atoms with Gasteiger partial charge in [-0.25, -0.2) is 0 Å². The van der Waals surface area contributed by atoms with Crippen molar-refractivity contribution in [3.05, 3.63) is 91.9 Å². The Balaban J connectivity index is 1.90. The van der Waals surface area contributed by atoms with Crippen LogP contribution in [0.15, 0.2) is 75.2 Å². The second-order valence-corrected chi connectivity index (χ2v) is 6.91. The van der Waals surface area contributed by atoms with Gasteiger partial charge in [0.05, 0.1) is 11.0 Å². The summed E-state index contributed by atoms with van der Waals surface area (Å²) >= 11 is 3.38. The van der Waals surface area contributed by atoms with Gasteiger partial charge in [-0.05, 0) is 29.8 Å². The largest absolute Gasteiger partial charge is 0.350 e. The highest BCUT2D eigenvalue weighted by atomic mass is 79.9. The van der Waals surface area contributed by atoms with Crippen molar-refractivity contribution in [2.24, 2.45) is 0 Å². The summed E-state index contributed by atoms with van der Waals surface area (Å²) in [6, 6.07) is 14.6. The van der Waals surface area contributed by atoms with E-state index in [2.05, 4.69) is 27.8 Å². The molecule has 0 radical (unpaired) electrons. The van der Waals surface area contributed by atoms with E-state index in [1.165, 1.54) is 9.13 Å². The number of amides is 1. The molecule has 0 aliphatic heterocycles. The fourth-order valence-corrected chi connectivity index (χ4v) is 3.33. The van der Waals surface area contributed by atoms with Crippen molar-refractivity contribution in [1.29, 1.82) is 0 Å². The Morgan fingerprint density at radius 1 is 1.04 bits per heavy atom. The Bertz CT molecular complexity index is 1130. The molecule has 3 aromatic rings. The summed E-state index contributed by atoms with van der Waals surface area (Å²) in [6.07, 6.45) is 1.56. The highest BCUT2D eigenvalue weighted by Gasteiger charge is 2.14.